The molecule has 4 heteroatoms. The van der Waals surface area contributed by atoms with E-state index in [2.05, 4.69) is 17.6 Å². The first-order chi connectivity index (χ1) is 9.56. The maximum absolute atomic E-state index is 12.0. The third-order valence-corrected chi connectivity index (χ3v) is 3.25. The van der Waals surface area contributed by atoms with Crippen molar-refractivity contribution in [3.05, 3.63) is 29.8 Å². The molecule has 0 aliphatic carbocycles. The van der Waals surface area contributed by atoms with E-state index in [-0.39, 0.29) is 18.0 Å². The Bertz CT molecular complexity index is 421. The Hall–Kier alpha value is -1.55. The third-order valence-electron chi connectivity index (χ3n) is 3.25. The van der Waals surface area contributed by atoms with Crippen molar-refractivity contribution in [2.45, 2.75) is 52.2 Å². The Morgan fingerprint density at radius 3 is 2.75 bits per heavy atom. The number of methoxy groups -OCH3 is 1. The summed E-state index contributed by atoms with van der Waals surface area (Å²) in [5.41, 5.74) is 1.10. The molecule has 0 fully saturated rings. The first kappa shape index (κ1) is 16.5. The van der Waals surface area contributed by atoms with Crippen LogP contribution < -0.4 is 15.4 Å². The van der Waals surface area contributed by atoms with Crippen LogP contribution in [0.25, 0.3) is 0 Å². The number of benzene rings is 1. The van der Waals surface area contributed by atoms with Gasteiger partial charge in [-0.05, 0) is 38.0 Å². The van der Waals surface area contributed by atoms with E-state index in [4.69, 9.17) is 4.74 Å². The highest BCUT2D eigenvalue weighted by Gasteiger charge is 2.14. The molecule has 1 amide bonds. The lowest BCUT2D eigenvalue weighted by molar-refractivity contribution is -0.123. The van der Waals surface area contributed by atoms with E-state index in [0.717, 1.165) is 24.2 Å². The second kappa shape index (κ2) is 8.59. The molecule has 0 spiro atoms. The van der Waals surface area contributed by atoms with E-state index in [1.165, 1.54) is 0 Å². The number of hydrogen-bond acceptors (Lipinski definition) is 3. The maximum atomic E-state index is 12.0. The number of hydrogen-bond donors (Lipinski definition) is 2. The zero-order valence-corrected chi connectivity index (χ0v) is 12.9. The average Bonchev–Trinajstić information content (AvgIpc) is 2.45. The fourth-order valence-electron chi connectivity index (χ4n) is 2.02. The van der Waals surface area contributed by atoms with Gasteiger partial charge in [-0.15, -0.1) is 0 Å². The molecule has 0 saturated carbocycles. The van der Waals surface area contributed by atoms with E-state index in [1.807, 2.05) is 38.1 Å². The van der Waals surface area contributed by atoms with Crippen LogP contribution in [0.5, 0.6) is 5.75 Å². The number of nitrogens with one attached hydrogen (secondary N) is 2. The van der Waals surface area contributed by atoms with Crippen molar-refractivity contribution < 1.29 is 9.53 Å². The largest absolute Gasteiger partial charge is 0.497 e. The van der Waals surface area contributed by atoms with Gasteiger partial charge in [0.2, 0.25) is 5.91 Å². The van der Waals surface area contributed by atoms with Crippen LogP contribution in [0.4, 0.5) is 0 Å². The molecular weight excluding hydrogens is 252 g/mol. The van der Waals surface area contributed by atoms with Gasteiger partial charge in [-0.25, -0.2) is 0 Å². The van der Waals surface area contributed by atoms with Crippen LogP contribution in [-0.2, 0) is 11.3 Å². The highest BCUT2D eigenvalue weighted by Crippen LogP contribution is 2.12. The molecule has 1 aromatic carbocycles. The molecule has 0 aliphatic rings. The summed E-state index contributed by atoms with van der Waals surface area (Å²) in [7, 11) is 1.65. The van der Waals surface area contributed by atoms with Crippen molar-refractivity contribution in [1.29, 1.82) is 0 Å². The van der Waals surface area contributed by atoms with Crippen LogP contribution in [0, 0.1) is 0 Å². The Balaban J connectivity index is 2.41. The molecule has 0 bridgehead atoms. The lowest BCUT2D eigenvalue weighted by Gasteiger charge is -2.18. The average molecular weight is 278 g/mol. The number of rotatable bonds is 8. The quantitative estimate of drug-likeness (QED) is 0.768. The molecule has 0 radical (unpaired) electrons. The lowest BCUT2D eigenvalue weighted by atomic mass is 10.1. The van der Waals surface area contributed by atoms with Crippen LogP contribution in [-0.4, -0.2) is 25.1 Å². The van der Waals surface area contributed by atoms with Crippen molar-refractivity contribution in [3.63, 3.8) is 0 Å². The summed E-state index contributed by atoms with van der Waals surface area (Å²) < 4.78 is 5.18. The Labute approximate surface area is 121 Å². The molecule has 20 heavy (non-hydrogen) atoms. The summed E-state index contributed by atoms with van der Waals surface area (Å²) in [6.45, 7) is 6.69. The van der Waals surface area contributed by atoms with Crippen molar-refractivity contribution in [2.24, 2.45) is 0 Å². The summed E-state index contributed by atoms with van der Waals surface area (Å²) in [4.78, 5) is 12.0. The molecule has 2 unspecified atom stereocenters. The molecule has 0 aliphatic heterocycles. The monoisotopic (exact) mass is 278 g/mol. The van der Waals surface area contributed by atoms with Crippen LogP contribution in [0.2, 0.25) is 0 Å². The van der Waals surface area contributed by atoms with Gasteiger partial charge < -0.3 is 15.4 Å². The highest BCUT2D eigenvalue weighted by atomic mass is 16.5. The van der Waals surface area contributed by atoms with Gasteiger partial charge in [0.25, 0.3) is 0 Å². The van der Waals surface area contributed by atoms with Gasteiger partial charge in [-0.2, -0.15) is 0 Å². The van der Waals surface area contributed by atoms with Crippen molar-refractivity contribution in [3.8, 4) is 5.75 Å². The lowest BCUT2D eigenvalue weighted by Crippen LogP contribution is -2.45. The standard InChI is InChI=1S/C16H26N2O2/c1-5-7-12(2)18-16(19)13(3)17-11-14-8-6-9-15(10-14)20-4/h6,8-10,12-13,17H,5,7,11H2,1-4H3,(H,18,19). The van der Waals surface area contributed by atoms with Gasteiger partial charge in [0.05, 0.1) is 13.2 Å². The van der Waals surface area contributed by atoms with Crippen LogP contribution in [0.1, 0.15) is 39.2 Å². The topological polar surface area (TPSA) is 50.4 Å². The minimum absolute atomic E-state index is 0.0499. The second-order valence-corrected chi connectivity index (χ2v) is 5.15. The summed E-state index contributed by atoms with van der Waals surface area (Å²) >= 11 is 0. The van der Waals surface area contributed by atoms with E-state index >= 15 is 0 Å². The molecule has 0 heterocycles. The summed E-state index contributed by atoms with van der Waals surface area (Å²) in [6.07, 6.45) is 2.08. The molecule has 2 N–H and O–H groups in total. The zero-order chi connectivity index (χ0) is 15.0. The minimum Gasteiger partial charge on any atom is -0.497 e. The maximum Gasteiger partial charge on any atom is 0.237 e. The summed E-state index contributed by atoms with van der Waals surface area (Å²) in [5, 5.41) is 6.24. The number of amides is 1. The molecule has 4 nitrogen and oxygen atoms in total. The molecule has 0 aromatic heterocycles. The van der Waals surface area contributed by atoms with Gasteiger partial charge in [0.15, 0.2) is 0 Å². The normalized spacial score (nSPS) is 13.6. The van der Waals surface area contributed by atoms with Crippen molar-refractivity contribution >= 4 is 5.91 Å². The SMILES string of the molecule is CCCC(C)NC(=O)C(C)NCc1cccc(OC)c1. The molecule has 1 aromatic rings. The minimum atomic E-state index is -0.208. The second-order valence-electron chi connectivity index (χ2n) is 5.15. The predicted molar refractivity (Wildman–Crippen MR) is 81.8 cm³/mol. The summed E-state index contributed by atoms with van der Waals surface area (Å²) in [5.74, 6) is 0.881. The van der Waals surface area contributed by atoms with Gasteiger partial charge in [0, 0.05) is 12.6 Å². The van der Waals surface area contributed by atoms with Crippen LogP contribution in [0.15, 0.2) is 24.3 Å². The predicted octanol–water partition coefficient (Wildman–Crippen LogP) is 2.48. The van der Waals surface area contributed by atoms with Crippen molar-refractivity contribution in [1.82, 2.24) is 10.6 Å². The van der Waals surface area contributed by atoms with Gasteiger partial charge in [-0.3, -0.25) is 4.79 Å². The van der Waals surface area contributed by atoms with Gasteiger partial charge >= 0.3 is 0 Å². The number of ether oxygens (including phenoxy) is 1. The molecule has 1 rings (SSSR count). The summed E-state index contributed by atoms with van der Waals surface area (Å²) in [6, 6.07) is 7.86. The highest BCUT2D eigenvalue weighted by molar-refractivity contribution is 5.81. The van der Waals surface area contributed by atoms with Crippen LogP contribution in [0.3, 0.4) is 0 Å². The van der Waals surface area contributed by atoms with E-state index < -0.39 is 0 Å². The van der Waals surface area contributed by atoms with Crippen molar-refractivity contribution in [2.75, 3.05) is 7.11 Å². The first-order valence-electron chi connectivity index (χ1n) is 7.23. The number of carbonyl (C=O) groups excluding carboxylic acids is 1. The number of carbonyl (C=O) groups is 1. The molecule has 2 atom stereocenters. The third kappa shape index (κ3) is 5.61. The fraction of sp³-hybridized carbons (Fsp3) is 0.562. The molecule has 0 saturated heterocycles. The molecular formula is C16H26N2O2. The fourth-order valence-corrected chi connectivity index (χ4v) is 2.02. The van der Waals surface area contributed by atoms with Crippen LogP contribution >= 0.6 is 0 Å². The Kier molecular flexibility index (Phi) is 7.09. The smallest absolute Gasteiger partial charge is 0.237 e. The first-order valence-corrected chi connectivity index (χ1v) is 7.23. The van der Waals surface area contributed by atoms with E-state index in [0.29, 0.717) is 6.54 Å². The van der Waals surface area contributed by atoms with Gasteiger partial charge in [-0.1, -0.05) is 25.5 Å². The van der Waals surface area contributed by atoms with E-state index in [9.17, 15) is 4.79 Å². The van der Waals surface area contributed by atoms with Gasteiger partial charge in [0.1, 0.15) is 5.75 Å². The Morgan fingerprint density at radius 2 is 2.10 bits per heavy atom. The molecule has 112 valence electrons. The Morgan fingerprint density at radius 1 is 1.35 bits per heavy atom. The zero-order valence-electron chi connectivity index (χ0n) is 12.9. The van der Waals surface area contributed by atoms with E-state index in [1.54, 1.807) is 7.11 Å².